The lowest BCUT2D eigenvalue weighted by molar-refractivity contribution is 0.0960. The first kappa shape index (κ1) is 29.5. The lowest BCUT2D eigenvalue weighted by Crippen LogP contribution is -2.45. The van der Waals surface area contributed by atoms with Gasteiger partial charge in [0.15, 0.2) is 0 Å². The van der Waals surface area contributed by atoms with Crippen LogP contribution in [0.15, 0.2) is 24.5 Å². The number of rotatable bonds is 7. The van der Waals surface area contributed by atoms with Crippen LogP contribution in [0.25, 0.3) is 0 Å². The molecule has 12 heteroatoms. The number of piperidine rings is 2. The van der Waals surface area contributed by atoms with Crippen LogP contribution in [-0.2, 0) is 27.7 Å². The maximum absolute atomic E-state index is 14.3. The second kappa shape index (κ2) is 11.8. The first-order valence-electron chi connectivity index (χ1n) is 15.1. The Morgan fingerprint density at radius 2 is 1.69 bits per heavy atom. The Labute approximate surface area is 246 Å². The van der Waals surface area contributed by atoms with Gasteiger partial charge in [0.2, 0.25) is 10.0 Å². The van der Waals surface area contributed by atoms with Crippen molar-refractivity contribution in [1.82, 2.24) is 23.7 Å². The zero-order chi connectivity index (χ0) is 29.6. The minimum atomic E-state index is -3.25. The van der Waals surface area contributed by atoms with Gasteiger partial charge in [-0.2, -0.15) is 0 Å². The maximum Gasteiger partial charge on any atom is 0.409 e. The van der Waals surface area contributed by atoms with Crippen molar-refractivity contribution in [3.05, 3.63) is 53.1 Å². The molecule has 4 aliphatic heterocycles. The average Bonchev–Trinajstić information content (AvgIpc) is 3.48. The molecule has 9 nitrogen and oxygen atoms in total. The van der Waals surface area contributed by atoms with Crippen molar-refractivity contribution in [1.29, 1.82) is 0 Å². The fourth-order valence-corrected chi connectivity index (χ4v) is 9.00. The quantitative estimate of drug-likeness (QED) is 0.468. The highest BCUT2D eigenvalue weighted by Gasteiger charge is 2.42. The third kappa shape index (κ3) is 5.94. The molecule has 0 saturated carbocycles. The number of carbonyl (C=O) groups is 1. The number of imidazole rings is 1. The highest BCUT2D eigenvalue weighted by atomic mass is 32.2. The first-order valence-corrected chi connectivity index (χ1v) is 17.0. The van der Waals surface area contributed by atoms with E-state index in [1.54, 1.807) is 4.90 Å². The summed E-state index contributed by atoms with van der Waals surface area (Å²) in [4.78, 5) is 21.0. The van der Waals surface area contributed by atoms with E-state index in [9.17, 15) is 22.0 Å². The lowest BCUT2D eigenvalue weighted by Gasteiger charge is -2.42. The number of sulfonamides is 1. The molecule has 6 rings (SSSR count). The van der Waals surface area contributed by atoms with Crippen molar-refractivity contribution < 1.29 is 26.7 Å². The van der Waals surface area contributed by atoms with Gasteiger partial charge in [0.1, 0.15) is 11.6 Å². The molecule has 3 fully saturated rings. The number of carbonyl (C=O) groups excluding carboxylic acids is 1. The van der Waals surface area contributed by atoms with Crippen LogP contribution in [0, 0.1) is 17.6 Å². The van der Waals surface area contributed by atoms with Crippen molar-refractivity contribution in [2.24, 2.45) is 5.92 Å². The molecule has 4 atom stereocenters. The molecular formula is C30H41F2N5O4S. The normalized spacial score (nSPS) is 26.3. The van der Waals surface area contributed by atoms with E-state index < -0.39 is 21.7 Å². The molecule has 230 valence electrons. The summed E-state index contributed by atoms with van der Waals surface area (Å²) in [5.41, 5.74) is 2.86. The van der Waals surface area contributed by atoms with Crippen LogP contribution in [0.4, 0.5) is 13.6 Å². The molecule has 2 aromatic rings. The van der Waals surface area contributed by atoms with Gasteiger partial charge in [0.25, 0.3) is 0 Å². The van der Waals surface area contributed by atoms with Crippen LogP contribution in [-0.4, -0.2) is 89.8 Å². The molecule has 1 amide bonds. The minimum absolute atomic E-state index is 0.0348. The van der Waals surface area contributed by atoms with Gasteiger partial charge in [-0.1, -0.05) is 0 Å². The summed E-state index contributed by atoms with van der Waals surface area (Å²) < 4.78 is 61.5. The average molecular weight is 606 g/mol. The Morgan fingerprint density at radius 1 is 1.02 bits per heavy atom. The summed E-state index contributed by atoms with van der Waals surface area (Å²) in [6.45, 7) is 2.85. The fraction of sp³-hybridized carbons (Fsp3) is 0.667. The summed E-state index contributed by atoms with van der Waals surface area (Å²) >= 11 is 0. The van der Waals surface area contributed by atoms with E-state index in [-0.39, 0.29) is 17.9 Å². The number of benzene rings is 1. The SMILES string of the molecule is COC(=O)N1CCc2c(ncn2[C@@H]2C[C@H]3CC[C@@H](C2)N3CC[C@@H](c2cc(F)cc(F)c2)C2CCN(S(C)(=O)=O)CC2)C1. The highest BCUT2D eigenvalue weighted by molar-refractivity contribution is 7.88. The fourth-order valence-electron chi connectivity index (χ4n) is 8.13. The van der Waals surface area contributed by atoms with Gasteiger partial charge in [-0.15, -0.1) is 0 Å². The minimum Gasteiger partial charge on any atom is -0.453 e. The van der Waals surface area contributed by atoms with Crippen molar-refractivity contribution in [3.63, 3.8) is 0 Å². The molecule has 0 N–H and O–H groups in total. The van der Waals surface area contributed by atoms with Crippen LogP contribution >= 0.6 is 0 Å². The molecule has 1 aromatic heterocycles. The largest absolute Gasteiger partial charge is 0.453 e. The number of hydrogen-bond donors (Lipinski definition) is 0. The number of aromatic nitrogens is 2. The standard InChI is InChI=1S/C30H41F2N5O4S/c1-41-30(38)34-9-8-29-28(18-34)33-19-37(29)26-16-24-3-4-25(17-26)36(24)12-7-27(21-13-22(31)15-23(32)14-21)20-5-10-35(11-6-20)42(2,39)40/h13-15,19-20,24-27H,3-12,16-18H2,1-2H3/t24-,25+,26-,27-/m1/s1. The second-order valence-electron chi connectivity index (χ2n) is 12.5. The summed E-state index contributed by atoms with van der Waals surface area (Å²) in [7, 11) is -1.85. The predicted molar refractivity (Wildman–Crippen MR) is 153 cm³/mol. The van der Waals surface area contributed by atoms with Gasteiger partial charge in [-0.05, 0) is 81.0 Å². The molecule has 0 unspecified atom stereocenters. The molecule has 4 aliphatic rings. The Hall–Kier alpha value is -2.57. The van der Waals surface area contributed by atoms with Gasteiger partial charge >= 0.3 is 6.09 Å². The van der Waals surface area contributed by atoms with Crippen LogP contribution < -0.4 is 0 Å². The molecule has 3 saturated heterocycles. The second-order valence-corrected chi connectivity index (χ2v) is 14.5. The molecule has 5 heterocycles. The molecule has 0 radical (unpaired) electrons. The lowest BCUT2D eigenvalue weighted by atomic mass is 9.78. The Morgan fingerprint density at radius 3 is 2.31 bits per heavy atom. The van der Waals surface area contributed by atoms with E-state index in [1.165, 1.54) is 35.5 Å². The van der Waals surface area contributed by atoms with Gasteiger partial charge in [-0.25, -0.2) is 31.3 Å². The van der Waals surface area contributed by atoms with Crippen molar-refractivity contribution in [2.45, 2.75) is 82.0 Å². The van der Waals surface area contributed by atoms with E-state index in [2.05, 4.69) is 14.5 Å². The monoisotopic (exact) mass is 605 g/mol. The molecule has 42 heavy (non-hydrogen) atoms. The molecule has 1 aromatic carbocycles. The van der Waals surface area contributed by atoms with Crippen LogP contribution in [0.1, 0.15) is 73.9 Å². The summed E-state index contributed by atoms with van der Waals surface area (Å²) in [5.74, 6) is -1.00. The number of hydrogen-bond acceptors (Lipinski definition) is 6. The number of methoxy groups -OCH3 is 1. The number of fused-ring (bicyclic) bond motifs is 3. The molecule has 0 aliphatic carbocycles. The number of amides is 1. The van der Waals surface area contributed by atoms with Crippen molar-refractivity contribution in [2.75, 3.05) is 39.5 Å². The number of halogens is 2. The van der Waals surface area contributed by atoms with Gasteiger partial charge in [0, 0.05) is 55.9 Å². The van der Waals surface area contributed by atoms with Gasteiger partial charge in [0.05, 0.1) is 31.9 Å². The summed E-state index contributed by atoms with van der Waals surface area (Å²) in [5, 5.41) is 0. The summed E-state index contributed by atoms with van der Waals surface area (Å²) in [6.07, 6.45) is 10.1. The van der Waals surface area contributed by atoms with E-state index in [1.807, 2.05) is 6.33 Å². The van der Waals surface area contributed by atoms with E-state index in [0.29, 0.717) is 62.7 Å². The zero-order valence-electron chi connectivity index (χ0n) is 24.4. The molecule has 0 spiro atoms. The first-order chi connectivity index (χ1) is 20.1. The third-order valence-corrected chi connectivity index (χ3v) is 11.5. The van der Waals surface area contributed by atoms with Crippen LogP contribution in [0.5, 0.6) is 0 Å². The Balaban J connectivity index is 1.14. The predicted octanol–water partition coefficient (Wildman–Crippen LogP) is 4.30. The summed E-state index contributed by atoms with van der Waals surface area (Å²) in [6, 6.07) is 5.09. The van der Waals surface area contributed by atoms with Gasteiger partial charge < -0.3 is 14.2 Å². The van der Waals surface area contributed by atoms with Crippen LogP contribution in [0.3, 0.4) is 0 Å². The molecule has 2 bridgehead atoms. The van der Waals surface area contributed by atoms with Gasteiger partial charge in [-0.3, -0.25) is 4.90 Å². The smallest absolute Gasteiger partial charge is 0.409 e. The van der Waals surface area contributed by atoms with Crippen LogP contribution in [0.2, 0.25) is 0 Å². The van der Waals surface area contributed by atoms with Crippen molar-refractivity contribution in [3.8, 4) is 0 Å². The Bertz CT molecular complexity index is 1380. The highest BCUT2D eigenvalue weighted by Crippen LogP contribution is 2.44. The third-order valence-electron chi connectivity index (χ3n) is 10.2. The Kier molecular flexibility index (Phi) is 8.32. The number of nitrogens with zero attached hydrogens (tertiary/aromatic N) is 5. The van der Waals surface area contributed by atoms with E-state index >= 15 is 0 Å². The zero-order valence-corrected chi connectivity index (χ0v) is 25.2. The van der Waals surface area contributed by atoms with E-state index in [4.69, 9.17) is 4.74 Å². The number of ether oxygens (including phenoxy) is 1. The maximum atomic E-state index is 14.3. The molecular weight excluding hydrogens is 564 g/mol. The van der Waals surface area contributed by atoms with E-state index in [0.717, 1.165) is 56.8 Å². The topological polar surface area (TPSA) is 88.0 Å². The van der Waals surface area contributed by atoms with Crippen molar-refractivity contribution >= 4 is 16.1 Å².